The number of hydrogen-bond donors (Lipinski definition) is 3. The van der Waals surface area contributed by atoms with Crippen LogP contribution in [0.25, 0.3) is 0 Å². The summed E-state index contributed by atoms with van der Waals surface area (Å²) < 4.78 is 5.40. The molecule has 0 radical (unpaired) electrons. The molecule has 0 aliphatic carbocycles. The predicted molar refractivity (Wildman–Crippen MR) is 44.6 cm³/mol. The first-order valence-electron chi connectivity index (χ1n) is 4.35. The Labute approximate surface area is 72.3 Å². The molecule has 1 saturated heterocycles. The second-order valence-corrected chi connectivity index (χ2v) is 3.35. The molecule has 72 valence electrons. The minimum absolute atomic E-state index is 0.187. The molecule has 1 aliphatic heterocycles. The Balaban J connectivity index is 2.63. The molecular weight excluding hydrogens is 158 g/mol. The van der Waals surface area contributed by atoms with Crippen LogP contribution >= 0.6 is 0 Å². The average molecular weight is 175 g/mol. The van der Waals surface area contributed by atoms with Gasteiger partial charge in [-0.2, -0.15) is 0 Å². The van der Waals surface area contributed by atoms with Crippen LogP contribution in [0.1, 0.15) is 20.3 Å². The van der Waals surface area contributed by atoms with E-state index < -0.39 is 18.2 Å². The first-order chi connectivity index (χ1) is 5.57. The van der Waals surface area contributed by atoms with Crippen molar-refractivity contribution in [2.45, 2.75) is 50.7 Å². The van der Waals surface area contributed by atoms with Gasteiger partial charge >= 0.3 is 0 Å². The highest BCUT2D eigenvalue weighted by Gasteiger charge is 2.39. The minimum Gasteiger partial charge on any atom is -0.389 e. The molecule has 0 amide bonds. The van der Waals surface area contributed by atoms with Gasteiger partial charge in [-0.1, -0.05) is 6.92 Å². The highest BCUT2D eigenvalue weighted by molar-refractivity contribution is 4.92. The largest absolute Gasteiger partial charge is 0.389 e. The molecule has 0 aromatic carbocycles. The first-order valence-corrected chi connectivity index (χ1v) is 4.35. The van der Waals surface area contributed by atoms with Crippen LogP contribution in [0, 0.1) is 0 Å². The number of rotatable bonds is 1. The van der Waals surface area contributed by atoms with E-state index in [9.17, 15) is 10.2 Å². The van der Waals surface area contributed by atoms with E-state index in [0.29, 0.717) is 6.42 Å². The Kier molecular flexibility index (Phi) is 3.06. The molecule has 0 aromatic heterocycles. The summed E-state index contributed by atoms with van der Waals surface area (Å²) in [5, 5.41) is 18.9. The van der Waals surface area contributed by atoms with E-state index in [2.05, 4.69) is 0 Å². The molecule has 1 rings (SSSR count). The van der Waals surface area contributed by atoms with Crippen molar-refractivity contribution in [2.24, 2.45) is 5.73 Å². The molecule has 5 atom stereocenters. The van der Waals surface area contributed by atoms with Crippen LogP contribution in [0.2, 0.25) is 0 Å². The Hall–Kier alpha value is -0.160. The summed E-state index contributed by atoms with van der Waals surface area (Å²) in [6.07, 6.45) is -1.49. The van der Waals surface area contributed by atoms with Crippen molar-refractivity contribution in [1.29, 1.82) is 0 Å². The fourth-order valence-corrected chi connectivity index (χ4v) is 1.51. The molecule has 4 heteroatoms. The van der Waals surface area contributed by atoms with Crippen LogP contribution in [0.3, 0.4) is 0 Å². The molecule has 4 N–H and O–H groups in total. The fraction of sp³-hybridized carbons (Fsp3) is 1.00. The van der Waals surface area contributed by atoms with E-state index in [1.54, 1.807) is 0 Å². The summed E-state index contributed by atoms with van der Waals surface area (Å²) >= 11 is 0. The Bertz CT molecular complexity index is 148. The lowest BCUT2D eigenvalue weighted by atomic mass is 9.93. The van der Waals surface area contributed by atoms with Crippen LogP contribution in [0.15, 0.2) is 0 Å². The zero-order chi connectivity index (χ0) is 9.30. The summed E-state index contributed by atoms with van der Waals surface area (Å²) in [7, 11) is 0. The number of aliphatic hydroxyl groups excluding tert-OH is 2. The van der Waals surface area contributed by atoms with E-state index in [1.165, 1.54) is 0 Å². The van der Waals surface area contributed by atoms with Crippen molar-refractivity contribution in [2.75, 3.05) is 0 Å². The summed E-state index contributed by atoms with van der Waals surface area (Å²) in [6, 6.07) is -0.484. The van der Waals surface area contributed by atoms with Crippen LogP contribution in [0.5, 0.6) is 0 Å². The van der Waals surface area contributed by atoms with E-state index in [1.807, 2.05) is 13.8 Å². The SMILES string of the molecule is CC[C@H]1O[C@@H](C)C(N)C(O)C1O. The van der Waals surface area contributed by atoms with Gasteiger partial charge < -0.3 is 20.7 Å². The maximum Gasteiger partial charge on any atom is 0.108 e. The Morgan fingerprint density at radius 2 is 1.92 bits per heavy atom. The Morgan fingerprint density at radius 3 is 2.42 bits per heavy atom. The highest BCUT2D eigenvalue weighted by atomic mass is 16.5. The van der Waals surface area contributed by atoms with Gasteiger partial charge in [0.25, 0.3) is 0 Å². The van der Waals surface area contributed by atoms with Crippen molar-refractivity contribution < 1.29 is 14.9 Å². The van der Waals surface area contributed by atoms with Crippen molar-refractivity contribution >= 4 is 0 Å². The molecule has 4 nitrogen and oxygen atoms in total. The Morgan fingerprint density at radius 1 is 1.33 bits per heavy atom. The summed E-state index contributed by atoms with van der Waals surface area (Å²) in [5.41, 5.74) is 5.59. The van der Waals surface area contributed by atoms with Gasteiger partial charge in [0.2, 0.25) is 0 Å². The normalized spacial score (nSPS) is 49.2. The van der Waals surface area contributed by atoms with Crippen molar-refractivity contribution in [3.05, 3.63) is 0 Å². The lowest BCUT2D eigenvalue weighted by Crippen LogP contribution is -2.59. The van der Waals surface area contributed by atoms with Gasteiger partial charge in [-0.25, -0.2) is 0 Å². The molecule has 1 aliphatic rings. The maximum absolute atomic E-state index is 9.47. The van der Waals surface area contributed by atoms with Gasteiger partial charge in [-0.05, 0) is 13.3 Å². The monoisotopic (exact) mass is 175 g/mol. The smallest absolute Gasteiger partial charge is 0.108 e. The molecular formula is C8H17NO3. The molecule has 3 unspecified atom stereocenters. The fourth-order valence-electron chi connectivity index (χ4n) is 1.51. The number of hydrogen-bond acceptors (Lipinski definition) is 4. The van der Waals surface area contributed by atoms with Crippen molar-refractivity contribution in [3.63, 3.8) is 0 Å². The third kappa shape index (κ3) is 1.61. The quantitative estimate of drug-likeness (QED) is 0.489. The maximum atomic E-state index is 9.47. The lowest BCUT2D eigenvalue weighted by Gasteiger charge is -2.39. The van der Waals surface area contributed by atoms with Crippen LogP contribution in [0.4, 0.5) is 0 Å². The number of aliphatic hydroxyl groups is 2. The van der Waals surface area contributed by atoms with Crippen LogP contribution < -0.4 is 5.73 Å². The predicted octanol–water partition coefficient (Wildman–Crippen LogP) is -0.767. The van der Waals surface area contributed by atoms with Crippen LogP contribution in [-0.2, 0) is 4.74 Å². The zero-order valence-corrected chi connectivity index (χ0v) is 7.47. The summed E-state index contributed by atoms with van der Waals surface area (Å²) in [5.74, 6) is 0. The van der Waals surface area contributed by atoms with E-state index in [0.717, 1.165) is 0 Å². The van der Waals surface area contributed by atoms with E-state index in [-0.39, 0.29) is 12.2 Å². The van der Waals surface area contributed by atoms with Gasteiger partial charge in [0.15, 0.2) is 0 Å². The highest BCUT2D eigenvalue weighted by Crippen LogP contribution is 2.21. The van der Waals surface area contributed by atoms with Gasteiger partial charge in [0, 0.05) is 0 Å². The van der Waals surface area contributed by atoms with Gasteiger partial charge in [-0.15, -0.1) is 0 Å². The third-order valence-electron chi connectivity index (χ3n) is 2.46. The molecule has 1 heterocycles. The van der Waals surface area contributed by atoms with Crippen LogP contribution in [-0.4, -0.2) is 40.7 Å². The summed E-state index contributed by atoms with van der Waals surface area (Å²) in [6.45, 7) is 3.71. The molecule has 0 saturated carbocycles. The zero-order valence-electron chi connectivity index (χ0n) is 7.47. The van der Waals surface area contributed by atoms with Gasteiger partial charge in [0.05, 0.1) is 24.4 Å². The number of nitrogens with two attached hydrogens (primary N) is 1. The number of ether oxygens (including phenoxy) is 1. The second-order valence-electron chi connectivity index (χ2n) is 3.35. The summed E-state index contributed by atoms with van der Waals surface area (Å²) in [4.78, 5) is 0. The molecule has 12 heavy (non-hydrogen) atoms. The molecule has 1 fully saturated rings. The van der Waals surface area contributed by atoms with E-state index >= 15 is 0 Å². The molecule has 0 bridgehead atoms. The lowest BCUT2D eigenvalue weighted by molar-refractivity contribution is -0.173. The standard InChI is InChI=1S/C8H17NO3/c1-3-5-7(10)8(11)6(9)4(2)12-5/h4-8,10-11H,3,9H2,1-2H3/t4-,5+,6?,7?,8?/m0/s1. The van der Waals surface area contributed by atoms with Crippen molar-refractivity contribution in [1.82, 2.24) is 0 Å². The van der Waals surface area contributed by atoms with Gasteiger partial charge in [0.1, 0.15) is 6.10 Å². The van der Waals surface area contributed by atoms with E-state index in [4.69, 9.17) is 10.5 Å². The molecule has 0 spiro atoms. The molecule has 0 aromatic rings. The average Bonchev–Trinajstić information content (AvgIpc) is 2.08. The van der Waals surface area contributed by atoms with Gasteiger partial charge in [-0.3, -0.25) is 0 Å². The second kappa shape index (κ2) is 3.70. The minimum atomic E-state index is -0.862. The third-order valence-corrected chi connectivity index (χ3v) is 2.46. The topological polar surface area (TPSA) is 75.7 Å². The first kappa shape index (κ1) is 9.92. The van der Waals surface area contributed by atoms with Crippen molar-refractivity contribution in [3.8, 4) is 0 Å².